The zero-order chi connectivity index (χ0) is 23.6. The molecule has 7 nitrogen and oxygen atoms in total. The van der Waals surface area contributed by atoms with Gasteiger partial charge in [0.05, 0.1) is 24.8 Å². The smallest absolute Gasteiger partial charge is 0.264 e. The zero-order valence-electron chi connectivity index (χ0n) is 18.8. The molecule has 1 atom stereocenters. The van der Waals surface area contributed by atoms with Gasteiger partial charge in [-0.3, -0.25) is 9.10 Å². The summed E-state index contributed by atoms with van der Waals surface area (Å²) in [7, 11) is -1.13. The number of amides is 1. The highest BCUT2D eigenvalue weighted by Gasteiger charge is 2.35. The van der Waals surface area contributed by atoms with Crippen molar-refractivity contribution in [1.29, 1.82) is 0 Å². The number of benzene rings is 3. The summed E-state index contributed by atoms with van der Waals surface area (Å²) in [5.41, 5.74) is 2.11. The SMILES string of the molecule is COc1ccc(OC)c(N(CC(=O)N2c3ccccc3CC2C)S(=O)(=O)c2ccccc2)c1. The number of hydrogen-bond acceptors (Lipinski definition) is 5. The van der Waals surface area contributed by atoms with Crippen LogP contribution in [0.2, 0.25) is 0 Å². The fraction of sp³-hybridized carbons (Fsp3) is 0.240. The molecule has 0 saturated heterocycles. The van der Waals surface area contributed by atoms with Crippen molar-refractivity contribution in [2.45, 2.75) is 24.3 Å². The molecule has 1 aliphatic heterocycles. The highest BCUT2D eigenvalue weighted by Crippen LogP contribution is 2.37. The van der Waals surface area contributed by atoms with Crippen molar-refractivity contribution in [2.24, 2.45) is 0 Å². The Labute approximate surface area is 194 Å². The Kier molecular flexibility index (Phi) is 6.29. The summed E-state index contributed by atoms with van der Waals surface area (Å²) in [6.45, 7) is 1.57. The van der Waals surface area contributed by atoms with Gasteiger partial charge in [0.25, 0.3) is 10.0 Å². The predicted molar refractivity (Wildman–Crippen MR) is 128 cm³/mol. The zero-order valence-corrected chi connectivity index (χ0v) is 19.6. The minimum Gasteiger partial charge on any atom is -0.497 e. The lowest BCUT2D eigenvalue weighted by Crippen LogP contribution is -2.45. The van der Waals surface area contributed by atoms with Crippen LogP contribution in [-0.4, -0.2) is 41.1 Å². The van der Waals surface area contributed by atoms with Crippen LogP contribution in [-0.2, 0) is 21.2 Å². The molecule has 1 heterocycles. The number of anilines is 2. The summed E-state index contributed by atoms with van der Waals surface area (Å²) in [4.78, 5) is 15.3. The van der Waals surface area contributed by atoms with Gasteiger partial charge in [-0.1, -0.05) is 36.4 Å². The first-order valence-electron chi connectivity index (χ1n) is 10.6. The van der Waals surface area contributed by atoms with Gasteiger partial charge in [0.2, 0.25) is 5.91 Å². The lowest BCUT2D eigenvalue weighted by Gasteiger charge is -2.29. The summed E-state index contributed by atoms with van der Waals surface area (Å²) < 4.78 is 39.3. The van der Waals surface area contributed by atoms with E-state index in [0.29, 0.717) is 11.5 Å². The molecule has 1 unspecified atom stereocenters. The maximum absolute atomic E-state index is 13.7. The van der Waals surface area contributed by atoms with E-state index in [-0.39, 0.29) is 29.1 Å². The number of nitrogens with zero attached hydrogens (tertiary/aromatic N) is 2. The van der Waals surface area contributed by atoms with Crippen LogP contribution < -0.4 is 18.7 Å². The third-order valence-electron chi connectivity index (χ3n) is 5.74. The van der Waals surface area contributed by atoms with Crippen LogP contribution >= 0.6 is 0 Å². The number of carbonyl (C=O) groups excluding carboxylic acids is 1. The van der Waals surface area contributed by atoms with E-state index >= 15 is 0 Å². The molecule has 0 aromatic heterocycles. The van der Waals surface area contributed by atoms with Gasteiger partial charge >= 0.3 is 0 Å². The molecule has 1 aliphatic rings. The van der Waals surface area contributed by atoms with Gasteiger partial charge < -0.3 is 14.4 Å². The molecule has 1 amide bonds. The fourth-order valence-corrected chi connectivity index (χ4v) is 5.59. The molecule has 0 saturated carbocycles. The highest BCUT2D eigenvalue weighted by atomic mass is 32.2. The van der Waals surface area contributed by atoms with Crippen molar-refractivity contribution in [2.75, 3.05) is 30.0 Å². The van der Waals surface area contributed by atoms with E-state index in [1.54, 1.807) is 41.3 Å². The second-order valence-electron chi connectivity index (χ2n) is 7.81. The van der Waals surface area contributed by atoms with Gasteiger partial charge in [0.15, 0.2) is 0 Å². The van der Waals surface area contributed by atoms with Gasteiger partial charge in [0, 0.05) is 17.8 Å². The molecular formula is C25H26N2O5S. The molecule has 172 valence electrons. The van der Waals surface area contributed by atoms with Crippen LogP contribution in [0.15, 0.2) is 77.7 Å². The molecule has 0 radical (unpaired) electrons. The van der Waals surface area contributed by atoms with Crippen molar-refractivity contribution in [3.05, 3.63) is 78.4 Å². The summed E-state index contributed by atoms with van der Waals surface area (Å²) in [6, 6.07) is 20.5. The number of fused-ring (bicyclic) bond motifs is 1. The molecule has 3 aromatic carbocycles. The normalized spacial score (nSPS) is 15.1. The predicted octanol–water partition coefficient (Wildman–Crippen LogP) is 3.88. The van der Waals surface area contributed by atoms with Crippen LogP contribution in [0.3, 0.4) is 0 Å². The van der Waals surface area contributed by atoms with Gasteiger partial charge in [-0.2, -0.15) is 0 Å². The summed E-state index contributed by atoms with van der Waals surface area (Å²) in [5.74, 6) is 0.446. The van der Waals surface area contributed by atoms with E-state index in [1.807, 2.05) is 31.2 Å². The molecule has 33 heavy (non-hydrogen) atoms. The Hall–Kier alpha value is -3.52. The number of rotatable bonds is 7. The number of para-hydroxylation sites is 1. The average Bonchev–Trinajstić information content (AvgIpc) is 3.18. The minimum atomic E-state index is -4.08. The van der Waals surface area contributed by atoms with Crippen LogP contribution in [0.4, 0.5) is 11.4 Å². The standard InChI is InChI=1S/C25H26N2O5S/c1-18-15-19-9-7-8-12-22(19)27(18)25(28)17-26(33(29,30)21-10-5-4-6-11-21)23-16-20(31-2)13-14-24(23)32-3/h4-14,16,18H,15,17H2,1-3H3. The molecule has 0 spiro atoms. The Morgan fingerprint density at radius 1 is 1.00 bits per heavy atom. The van der Waals surface area contributed by atoms with E-state index < -0.39 is 10.0 Å². The summed E-state index contributed by atoms with van der Waals surface area (Å²) >= 11 is 0. The summed E-state index contributed by atoms with van der Waals surface area (Å²) in [6.07, 6.45) is 0.718. The molecule has 0 aliphatic carbocycles. The summed E-state index contributed by atoms with van der Waals surface area (Å²) in [5, 5.41) is 0. The topological polar surface area (TPSA) is 76.2 Å². The van der Waals surface area contributed by atoms with Gasteiger partial charge in [-0.05, 0) is 49.2 Å². The van der Waals surface area contributed by atoms with Gasteiger partial charge in [0.1, 0.15) is 18.0 Å². The average molecular weight is 467 g/mol. The lowest BCUT2D eigenvalue weighted by molar-refractivity contribution is -0.117. The number of carbonyl (C=O) groups is 1. The minimum absolute atomic E-state index is 0.0802. The van der Waals surface area contributed by atoms with Crippen molar-refractivity contribution >= 4 is 27.3 Å². The number of hydrogen-bond donors (Lipinski definition) is 0. The van der Waals surface area contributed by atoms with E-state index in [4.69, 9.17) is 9.47 Å². The largest absolute Gasteiger partial charge is 0.497 e. The molecule has 4 rings (SSSR count). The lowest BCUT2D eigenvalue weighted by atomic mass is 10.1. The van der Waals surface area contributed by atoms with Crippen LogP contribution in [0.1, 0.15) is 12.5 Å². The second-order valence-corrected chi connectivity index (χ2v) is 9.67. The van der Waals surface area contributed by atoms with Crippen LogP contribution in [0.5, 0.6) is 11.5 Å². The number of ether oxygens (including phenoxy) is 2. The first kappa shape index (κ1) is 22.7. The van der Waals surface area contributed by atoms with Crippen molar-refractivity contribution in [3.63, 3.8) is 0 Å². The Balaban J connectivity index is 1.80. The first-order valence-corrected chi connectivity index (χ1v) is 12.0. The molecule has 0 bridgehead atoms. The maximum Gasteiger partial charge on any atom is 0.264 e. The van der Waals surface area contributed by atoms with E-state index in [9.17, 15) is 13.2 Å². The van der Waals surface area contributed by atoms with Crippen molar-refractivity contribution in [3.8, 4) is 11.5 Å². The van der Waals surface area contributed by atoms with Gasteiger partial charge in [-0.15, -0.1) is 0 Å². The van der Waals surface area contributed by atoms with E-state index in [1.165, 1.54) is 26.4 Å². The van der Waals surface area contributed by atoms with E-state index in [2.05, 4.69) is 0 Å². The second kappa shape index (κ2) is 9.15. The van der Waals surface area contributed by atoms with Crippen LogP contribution in [0.25, 0.3) is 0 Å². The molecule has 8 heteroatoms. The number of methoxy groups -OCH3 is 2. The monoisotopic (exact) mass is 466 g/mol. The first-order chi connectivity index (χ1) is 15.9. The highest BCUT2D eigenvalue weighted by molar-refractivity contribution is 7.92. The van der Waals surface area contributed by atoms with Crippen molar-refractivity contribution < 1.29 is 22.7 Å². The van der Waals surface area contributed by atoms with Crippen LogP contribution in [0, 0.1) is 0 Å². The van der Waals surface area contributed by atoms with Gasteiger partial charge in [-0.25, -0.2) is 8.42 Å². The Bertz CT molecular complexity index is 1260. The molecule has 0 fully saturated rings. The number of sulfonamides is 1. The Morgan fingerprint density at radius 2 is 1.70 bits per heavy atom. The Morgan fingerprint density at radius 3 is 2.39 bits per heavy atom. The third kappa shape index (κ3) is 4.26. The maximum atomic E-state index is 13.7. The third-order valence-corrected chi connectivity index (χ3v) is 7.51. The molecular weight excluding hydrogens is 440 g/mol. The fourth-order valence-electron chi connectivity index (χ4n) is 4.16. The van der Waals surface area contributed by atoms with E-state index in [0.717, 1.165) is 22.0 Å². The molecule has 0 N–H and O–H groups in total. The molecule has 3 aromatic rings. The van der Waals surface area contributed by atoms with Crippen molar-refractivity contribution in [1.82, 2.24) is 0 Å². The quantitative estimate of drug-likeness (QED) is 0.528.